The maximum atomic E-state index is 13.6. The van der Waals surface area contributed by atoms with E-state index in [1.54, 1.807) is 22.8 Å². The number of aliphatic carboxylic acids is 2. The van der Waals surface area contributed by atoms with Crippen LogP contribution < -0.4 is 18.9 Å². The van der Waals surface area contributed by atoms with Gasteiger partial charge in [-0.1, -0.05) is 31.0 Å². The Kier molecular flexibility index (Phi) is 13.1. The van der Waals surface area contributed by atoms with Crippen molar-refractivity contribution >= 4 is 23.8 Å². The first-order valence-electron chi connectivity index (χ1n) is 17.6. The molecule has 12 nitrogen and oxygen atoms in total. The molecule has 3 aromatic carbocycles. The highest BCUT2D eigenvalue weighted by atomic mass is 16.7. The van der Waals surface area contributed by atoms with E-state index < -0.39 is 11.9 Å². The van der Waals surface area contributed by atoms with Crippen molar-refractivity contribution in [3.05, 3.63) is 71.3 Å². The molecule has 51 heavy (non-hydrogen) atoms. The quantitative estimate of drug-likeness (QED) is 0.155. The molecule has 0 unspecified atom stereocenters. The van der Waals surface area contributed by atoms with Gasteiger partial charge in [0.15, 0.2) is 11.5 Å². The molecule has 0 aliphatic carbocycles. The molecule has 272 valence electrons. The highest BCUT2D eigenvalue weighted by molar-refractivity contribution is 5.96. The van der Waals surface area contributed by atoms with Crippen molar-refractivity contribution in [2.75, 3.05) is 46.2 Å². The first kappa shape index (κ1) is 37.0. The van der Waals surface area contributed by atoms with Gasteiger partial charge in [0, 0.05) is 51.5 Å². The van der Waals surface area contributed by atoms with E-state index in [-0.39, 0.29) is 38.1 Å². The Bertz CT molecular complexity index is 1700. The molecule has 12 heteroatoms. The summed E-state index contributed by atoms with van der Waals surface area (Å²) in [7, 11) is 0. The smallest absolute Gasteiger partial charge is 0.303 e. The lowest BCUT2D eigenvalue weighted by Crippen LogP contribution is -2.50. The first-order valence-corrected chi connectivity index (χ1v) is 17.6. The zero-order valence-electron chi connectivity index (χ0n) is 29.1. The van der Waals surface area contributed by atoms with Crippen molar-refractivity contribution in [3.63, 3.8) is 0 Å². The molecular formula is C39H46N2O10. The maximum Gasteiger partial charge on any atom is 0.303 e. The maximum absolute atomic E-state index is 13.6. The van der Waals surface area contributed by atoms with Crippen LogP contribution in [-0.2, 0) is 27.2 Å². The van der Waals surface area contributed by atoms with E-state index in [4.69, 9.17) is 24.1 Å². The van der Waals surface area contributed by atoms with Gasteiger partial charge < -0.3 is 39.0 Å². The highest BCUT2D eigenvalue weighted by Gasteiger charge is 2.24. The summed E-state index contributed by atoms with van der Waals surface area (Å²) in [5.41, 5.74) is 4.12. The van der Waals surface area contributed by atoms with Crippen molar-refractivity contribution in [2.45, 2.75) is 64.7 Å². The predicted octanol–water partition coefficient (Wildman–Crippen LogP) is 5.83. The molecular weight excluding hydrogens is 656 g/mol. The summed E-state index contributed by atoms with van der Waals surface area (Å²) in [6, 6.07) is 17.0. The zero-order chi connectivity index (χ0) is 36.2. The number of nitrogens with zero attached hydrogens (tertiary/aromatic N) is 2. The van der Waals surface area contributed by atoms with Crippen molar-refractivity contribution in [2.24, 2.45) is 0 Å². The summed E-state index contributed by atoms with van der Waals surface area (Å²) in [6.07, 6.45) is 5.06. The van der Waals surface area contributed by atoms with Gasteiger partial charge in [0.1, 0.15) is 11.5 Å². The van der Waals surface area contributed by atoms with Crippen LogP contribution in [0.15, 0.2) is 54.6 Å². The van der Waals surface area contributed by atoms with Gasteiger partial charge in [-0.05, 0) is 90.8 Å². The number of ether oxygens (including phenoxy) is 4. The molecule has 2 heterocycles. The summed E-state index contributed by atoms with van der Waals surface area (Å²) < 4.78 is 23.1. The van der Waals surface area contributed by atoms with Crippen LogP contribution in [-0.4, -0.2) is 90.0 Å². The third-order valence-corrected chi connectivity index (χ3v) is 9.09. The fourth-order valence-electron chi connectivity index (χ4n) is 6.32. The largest absolute Gasteiger partial charge is 0.494 e. The normalized spacial score (nSPS) is 13.6. The van der Waals surface area contributed by atoms with Gasteiger partial charge in [-0.15, -0.1) is 0 Å². The molecule has 0 bridgehead atoms. The van der Waals surface area contributed by atoms with E-state index in [1.807, 2.05) is 48.5 Å². The molecule has 0 aromatic heterocycles. The second kappa shape index (κ2) is 18.1. The lowest BCUT2D eigenvalue weighted by atomic mass is 9.97. The molecule has 2 aliphatic rings. The number of carboxylic acids is 2. The van der Waals surface area contributed by atoms with Crippen LogP contribution in [0.2, 0.25) is 0 Å². The van der Waals surface area contributed by atoms with Crippen LogP contribution in [0.3, 0.4) is 0 Å². The SMILES string of the molecule is CC(=O)N1CCN(C(=O)c2cc(OCCCCCCc3cccc(OCCCC(=O)O)c3CCC(=O)O)cc(-c3ccc4c(c3)OCO4)c2)CC1. The molecule has 0 spiro atoms. The number of carbonyl (C=O) groups excluding carboxylic acids is 2. The number of carboxylic acid groups (broad SMARTS) is 2. The molecule has 5 rings (SSSR count). The van der Waals surface area contributed by atoms with E-state index in [9.17, 15) is 24.3 Å². The van der Waals surface area contributed by atoms with Crippen molar-refractivity contribution in [1.29, 1.82) is 0 Å². The lowest BCUT2D eigenvalue weighted by molar-refractivity contribution is -0.138. The molecule has 3 aromatic rings. The number of unbranched alkanes of at least 4 members (excludes halogenated alkanes) is 3. The zero-order valence-corrected chi connectivity index (χ0v) is 29.1. The van der Waals surface area contributed by atoms with Gasteiger partial charge in [-0.2, -0.15) is 0 Å². The number of piperazine rings is 1. The molecule has 1 fully saturated rings. The van der Waals surface area contributed by atoms with Crippen molar-refractivity contribution < 1.29 is 48.3 Å². The lowest BCUT2D eigenvalue weighted by Gasteiger charge is -2.34. The molecule has 2 amide bonds. The molecule has 0 saturated carbocycles. The first-order chi connectivity index (χ1) is 24.7. The van der Waals surface area contributed by atoms with Gasteiger partial charge in [0.2, 0.25) is 12.7 Å². The van der Waals surface area contributed by atoms with Gasteiger partial charge in [-0.25, -0.2) is 0 Å². The third kappa shape index (κ3) is 10.6. The van der Waals surface area contributed by atoms with Crippen LogP contribution >= 0.6 is 0 Å². The van der Waals surface area contributed by atoms with Crippen molar-refractivity contribution in [3.8, 4) is 34.1 Å². The third-order valence-electron chi connectivity index (χ3n) is 9.09. The second-order valence-electron chi connectivity index (χ2n) is 12.8. The summed E-state index contributed by atoms with van der Waals surface area (Å²) in [6.45, 7) is 4.38. The highest BCUT2D eigenvalue weighted by Crippen LogP contribution is 2.37. The Labute approximate surface area is 297 Å². The van der Waals surface area contributed by atoms with Gasteiger partial charge >= 0.3 is 11.9 Å². The number of amides is 2. The van der Waals surface area contributed by atoms with E-state index in [0.29, 0.717) is 74.2 Å². The second-order valence-corrected chi connectivity index (χ2v) is 12.8. The fourth-order valence-corrected chi connectivity index (χ4v) is 6.32. The van der Waals surface area contributed by atoms with Crippen LogP contribution in [0.4, 0.5) is 0 Å². The number of carbonyl (C=O) groups is 4. The average molecular weight is 703 g/mol. The minimum Gasteiger partial charge on any atom is -0.494 e. The summed E-state index contributed by atoms with van der Waals surface area (Å²) in [4.78, 5) is 51.1. The van der Waals surface area contributed by atoms with Gasteiger partial charge in [0.05, 0.1) is 13.2 Å². The standard InChI is InChI=1S/C39H46N2O10/c1-27(42)40-16-18-41(19-17-40)39(47)31-22-30(29-12-14-35-36(25-29)51-26-50-35)23-32(24-31)48-20-5-3-2-4-8-28-9-6-10-34(33(28)13-15-38(45)46)49-21-7-11-37(43)44/h6,9-10,12,14,22-25H,2-5,7-8,11,13,15-21,26H2,1H3,(H,43,44)(H,45,46). The van der Waals surface area contributed by atoms with Crippen LogP contribution in [0.5, 0.6) is 23.0 Å². The number of fused-ring (bicyclic) bond motifs is 1. The molecule has 2 aliphatic heterocycles. The molecule has 2 N–H and O–H groups in total. The predicted molar refractivity (Wildman–Crippen MR) is 189 cm³/mol. The Morgan fingerprint density at radius 3 is 2.20 bits per heavy atom. The number of benzene rings is 3. The minimum absolute atomic E-state index is 0.00797. The van der Waals surface area contributed by atoms with Crippen molar-refractivity contribution in [1.82, 2.24) is 9.80 Å². The fraction of sp³-hybridized carbons (Fsp3) is 0.436. The Morgan fingerprint density at radius 1 is 0.706 bits per heavy atom. The number of aryl methyl sites for hydroxylation is 1. The molecule has 0 radical (unpaired) electrons. The summed E-state index contributed by atoms with van der Waals surface area (Å²) in [5.74, 6) is 0.678. The van der Waals surface area contributed by atoms with Crippen LogP contribution in [0.1, 0.15) is 73.4 Å². The van der Waals surface area contributed by atoms with Crippen LogP contribution in [0, 0.1) is 0 Å². The topological polar surface area (TPSA) is 152 Å². The molecule has 1 saturated heterocycles. The summed E-state index contributed by atoms with van der Waals surface area (Å²) >= 11 is 0. The van der Waals surface area contributed by atoms with E-state index in [2.05, 4.69) is 0 Å². The van der Waals surface area contributed by atoms with Gasteiger partial charge in [-0.3, -0.25) is 19.2 Å². The summed E-state index contributed by atoms with van der Waals surface area (Å²) in [5, 5.41) is 18.2. The minimum atomic E-state index is -0.882. The number of rotatable bonds is 18. The molecule has 0 atom stereocenters. The number of hydrogen-bond acceptors (Lipinski definition) is 8. The number of hydrogen-bond donors (Lipinski definition) is 2. The monoisotopic (exact) mass is 702 g/mol. The van der Waals surface area contributed by atoms with Crippen LogP contribution in [0.25, 0.3) is 11.1 Å². The Balaban J connectivity index is 1.17. The Morgan fingerprint density at radius 2 is 1.43 bits per heavy atom. The van der Waals surface area contributed by atoms with Gasteiger partial charge in [0.25, 0.3) is 5.91 Å². The average Bonchev–Trinajstić information content (AvgIpc) is 3.60. The Hall–Kier alpha value is -5.26. The van der Waals surface area contributed by atoms with E-state index >= 15 is 0 Å². The van der Waals surface area contributed by atoms with E-state index in [1.165, 1.54) is 0 Å². The van der Waals surface area contributed by atoms with E-state index in [0.717, 1.165) is 54.4 Å².